The molecule has 0 bridgehead atoms. The van der Waals surface area contributed by atoms with Gasteiger partial charge in [0.1, 0.15) is 5.82 Å². The van der Waals surface area contributed by atoms with Gasteiger partial charge in [0.05, 0.1) is 11.9 Å². The van der Waals surface area contributed by atoms with Crippen molar-refractivity contribution in [1.82, 2.24) is 15.2 Å². The summed E-state index contributed by atoms with van der Waals surface area (Å²) in [6.07, 6.45) is 7.64. The molecule has 0 spiro atoms. The van der Waals surface area contributed by atoms with E-state index in [0.29, 0.717) is 6.04 Å². The van der Waals surface area contributed by atoms with Gasteiger partial charge in [-0.2, -0.15) is 0 Å². The van der Waals surface area contributed by atoms with E-state index >= 15 is 0 Å². The van der Waals surface area contributed by atoms with Crippen molar-refractivity contribution in [3.8, 4) is 0 Å². The highest BCUT2D eigenvalue weighted by molar-refractivity contribution is 5.89. The number of anilines is 2. The van der Waals surface area contributed by atoms with Gasteiger partial charge in [-0.25, -0.2) is 9.78 Å². The second kappa shape index (κ2) is 7.64. The van der Waals surface area contributed by atoms with Crippen molar-refractivity contribution < 1.29 is 4.79 Å². The number of rotatable bonds is 3. The van der Waals surface area contributed by atoms with Gasteiger partial charge in [0.25, 0.3) is 0 Å². The van der Waals surface area contributed by atoms with Crippen LogP contribution in [0.1, 0.15) is 32.1 Å². The number of amides is 2. The maximum absolute atomic E-state index is 12.0. The van der Waals surface area contributed by atoms with Gasteiger partial charge in [-0.15, -0.1) is 0 Å². The molecule has 2 amide bonds. The number of piperazine rings is 1. The first-order valence-electron chi connectivity index (χ1n) is 8.68. The molecule has 1 aromatic heterocycles. The van der Waals surface area contributed by atoms with Crippen molar-refractivity contribution in [3.05, 3.63) is 18.3 Å². The number of hydrogen-bond acceptors (Lipinski definition) is 4. The average Bonchev–Trinajstić information content (AvgIpc) is 2.57. The fourth-order valence-corrected chi connectivity index (χ4v) is 3.28. The molecule has 0 unspecified atom stereocenters. The van der Waals surface area contributed by atoms with Gasteiger partial charge in [0, 0.05) is 32.2 Å². The lowest BCUT2D eigenvalue weighted by Crippen LogP contribution is -2.44. The van der Waals surface area contributed by atoms with Crippen molar-refractivity contribution in [2.75, 3.05) is 43.4 Å². The molecule has 0 radical (unpaired) electrons. The third-order valence-electron chi connectivity index (χ3n) is 4.77. The summed E-state index contributed by atoms with van der Waals surface area (Å²) in [5.74, 6) is 0.983. The van der Waals surface area contributed by atoms with Crippen molar-refractivity contribution in [2.24, 2.45) is 0 Å². The minimum atomic E-state index is -0.119. The number of carbonyl (C=O) groups is 1. The van der Waals surface area contributed by atoms with Crippen LogP contribution in [0, 0.1) is 0 Å². The fraction of sp³-hybridized carbons (Fsp3) is 0.647. The molecule has 0 aromatic carbocycles. The molecule has 1 saturated heterocycles. The molecule has 2 fully saturated rings. The summed E-state index contributed by atoms with van der Waals surface area (Å²) < 4.78 is 0. The Kier molecular flexibility index (Phi) is 5.33. The average molecular weight is 317 g/mol. The molecule has 1 aromatic rings. The van der Waals surface area contributed by atoms with Crippen LogP contribution in [-0.4, -0.2) is 55.2 Å². The van der Waals surface area contributed by atoms with Gasteiger partial charge < -0.3 is 20.4 Å². The van der Waals surface area contributed by atoms with E-state index in [1.165, 1.54) is 19.3 Å². The molecule has 2 heterocycles. The number of pyridine rings is 1. The van der Waals surface area contributed by atoms with E-state index in [9.17, 15) is 4.79 Å². The van der Waals surface area contributed by atoms with Crippen LogP contribution in [-0.2, 0) is 0 Å². The number of likely N-dealkylation sites (N-methyl/N-ethyl adjacent to an activating group) is 1. The highest BCUT2D eigenvalue weighted by Gasteiger charge is 2.17. The van der Waals surface area contributed by atoms with Crippen LogP contribution in [0.4, 0.5) is 16.3 Å². The topological polar surface area (TPSA) is 60.5 Å². The first-order valence-corrected chi connectivity index (χ1v) is 8.68. The van der Waals surface area contributed by atoms with Crippen molar-refractivity contribution in [2.45, 2.75) is 38.1 Å². The predicted molar refractivity (Wildman–Crippen MR) is 93.0 cm³/mol. The maximum Gasteiger partial charge on any atom is 0.319 e. The van der Waals surface area contributed by atoms with Gasteiger partial charge >= 0.3 is 6.03 Å². The molecule has 23 heavy (non-hydrogen) atoms. The zero-order valence-corrected chi connectivity index (χ0v) is 13.9. The normalized spacial score (nSPS) is 20.3. The van der Waals surface area contributed by atoms with Crippen LogP contribution in [0.25, 0.3) is 0 Å². The first kappa shape index (κ1) is 16.1. The van der Waals surface area contributed by atoms with Crippen LogP contribution >= 0.6 is 0 Å². The summed E-state index contributed by atoms with van der Waals surface area (Å²) >= 11 is 0. The molecule has 0 atom stereocenters. The summed E-state index contributed by atoms with van der Waals surface area (Å²) in [6, 6.07) is 4.12. The molecule has 1 saturated carbocycles. The quantitative estimate of drug-likeness (QED) is 0.898. The van der Waals surface area contributed by atoms with E-state index < -0.39 is 0 Å². The predicted octanol–water partition coefficient (Wildman–Crippen LogP) is 2.29. The Labute approximate surface area is 138 Å². The maximum atomic E-state index is 12.0. The number of carbonyl (C=O) groups excluding carboxylic acids is 1. The number of nitrogens with one attached hydrogen (secondary N) is 2. The molecule has 3 rings (SSSR count). The minimum absolute atomic E-state index is 0.119. The summed E-state index contributed by atoms with van der Waals surface area (Å²) in [4.78, 5) is 21.1. The standard InChI is InChI=1S/C17H27N5O/c1-21-9-11-22(12-10-21)16-8-7-15(13-18-16)20-17(23)19-14-5-3-2-4-6-14/h7-8,13-14H,2-6,9-12H2,1H3,(H2,19,20,23). The van der Waals surface area contributed by atoms with Gasteiger partial charge in [0.2, 0.25) is 0 Å². The Bertz CT molecular complexity index is 504. The van der Waals surface area contributed by atoms with Crippen LogP contribution in [0.5, 0.6) is 0 Å². The van der Waals surface area contributed by atoms with E-state index in [4.69, 9.17) is 0 Å². The van der Waals surface area contributed by atoms with Gasteiger partial charge in [-0.05, 0) is 32.0 Å². The highest BCUT2D eigenvalue weighted by Crippen LogP contribution is 2.18. The molecule has 2 N–H and O–H groups in total. The van der Waals surface area contributed by atoms with Gasteiger partial charge in [-0.3, -0.25) is 0 Å². The molecule has 1 aliphatic heterocycles. The van der Waals surface area contributed by atoms with Crippen LogP contribution in [0.15, 0.2) is 18.3 Å². The minimum Gasteiger partial charge on any atom is -0.354 e. The third kappa shape index (κ3) is 4.58. The van der Waals surface area contributed by atoms with Gasteiger partial charge in [-0.1, -0.05) is 19.3 Å². The Morgan fingerprint density at radius 1 is 1.13 bits per heavy atom. The summed E-state index contributed by atoms with van der Waals surface area (Å²) in [5, 5.41) is 5.94. The number of nitrogens with zero attached hydrogens (tertiary/aromatic N) is 3. The Morgan fingerprint density at radius 3 is 2.52 bits per heavy atom. The van der Waals surface area contributed by atoms with E-state index in [1.807, 2.05) is 12.1 Å². The summed E-state index contributed by atoms with van der Waals surface area (Å²) in [7, 11) is 2.14. The molecule has 126 valence electrons. The smallest absolute Gasteiger partial charge is 0.319 e. The second-order valence-electron chi connectivity index (χ2n) is 6.63. The third-order valence-corrected chi connectivity index (χ3v) is 4.77. The second-order valence-corrected chi connectivity index (χ2v) is 6.63. The largest absolute Gasteiger partial charge is 0.354 e. The fourth-order valence-electron chi connectivity index (χ4n) is 3.28. The number of hydrogen-bond donors (Lipinski definition) is 2. The number of aromatic nitrogens is 1. The van der Waals surface area contributed by atoms with E-state index in [2.05, 4.69) is 32.5 Å². The van der Waals surface area contributed by atoms with E-state index in [0.717, 1.165) is 50.5 Å². The van der Waals surface area contributed by atoms with Crippen molar-refractivity contribution in [1.29, 1.82) is 0 Å². The lowest BCUT2D eigenvalue weighted by atomic mass is 9.96. The van der Waals surface area contributed by atoms with Crippen molar-refractivity contribution in [3.63, 3.8) is 0 Å². The highest BCUT2D eigenvalue weighted by atomic mass is 16.2. The molecule has 6 heteroatoms. The molecule has 6 nitrogen and oxygen atoms in total. The van der Waals surface area contributed by atoms with Gasteiger partial charge in [0.15, 0.2) is 0 Å². The van der Waals surface area contributed by atoms with E-state index in [-0.39, 0.29) is 6.03 Å². The van der Waals surface area contributed by atoms with Crippen molar-refractivity contribution >= 4 is 17.5 Å². The van der Waals surface area contributed by atoms with E-state index in [1.54, 1.807) is 6.20 Å². The van der Waals surface area contributed by atoms with Crippen LogP contribution in [0.3, 0.4) is 0 Å². The van der Waals surface area contributed by atoms with Crippen LogP contribution in [0.2, 0.25) is 0 Å². The lowest BCUT2D eigenvalue weighted by molar-refractivity contribution is 0.244. The molecular formula is C17H27N5O. The molecule has 1 aliphatic carbocycles. The molecular weight excluding hydrogens is 290 g/mol. The number of urea groups is 1. The summed E-state index contributed by atoms with van der Waals surface area (Å²) in [6.45, 7) is 4.12. The Morgan fingerprint density at radius 2 is 1.87 bits per heavy atom. The Hall–Kier alpha value is -1.82. The Balaban J connectivity index is 1.49. The monoisotopic (exact) mass is 317 g/mol. The zero-order chi connectivity index (χ0) is 16.1. The SMILES string of the molecule is CN1CCN(c2ccc(NC(=O)NC3CCCCC3)cn2)CC1. The first-order chi connectivity index (χ1) is 11.2. The summed E-state index contributed by atoms with van der Waals surface area (Å²) in [5.41, 5.74) is 0.746. The van der Waals surface area contributed by atoms with Crippen LogP contribution < -0.4 is 15.5 Å². The molecule has 2 aliphatic rings. The zero-order valence-electron chi connectivity index (χ0n) is 13.9. The lowest BCUT2D eigenvalue weighted by Gasteiger charge is -2.33.